The third kappa shape index (κ3) is 3.36. The highest BCUT2D eigenvalue weighted by atomic mass is 35.5. The van der Waals surface area contributed by atoms with Crippen molar-refractivity contribution < 1.29 is 13.2 Å². The molecule has 5 nitrogen and oxygen atoms in total. The first kappa shape index (κ1) is 17.1. The number of pyridine rings is 1. The Labute approximate surface area is 144 Å². The standard InChI is InChI=1S/C14H12ClF3N4OS/c1-6-4-8(14(16,17)18)7(12(23)20-6)5-19-11-10-9(2-3-24-10)21-13(15)22-11/h4H,2-3,5H2,1H3,(H,20,23)(H,19,21,22). The van der Waals surface area contributed by atoms with Gasteiger partial charge in [0.2, 0.25) is 5.28 Å². The van der Waals surface area contributed by atoms with Crippen molar-refractivity contribution >= 4 is 29.2 Å². The number of nitrogens with one attached hydrogen (secondary N) is 2. The lowest BCUT2D eigenvalue weighted by atomic mass is 10.1. The Morgan fingerprint density at radius 2 is 2.17 bits per heavy atom. The highest BCUT2D eigenvalue weighted by molar-refractivity contribution is 7.99. The van der Waals surface area contributed by atoms with Crippen LogP contribution in [0.25, 0.3) is 0 Å². The number of hydrogen-bond acceptors (Lipinski definition) is 5. The van der Waals surface area contributed by atoms with Crippen LogP contribution < -0.4 is 10.9 Å². The second-order valence-corrected chi connectivity index (χ2v) is 6.68. The summed E-state index contributed by atoms with van der Waals surface area (Å²) in [4.78, 5) is 23.3. The van der Waals surface area contributed by atoms with E-state index in [0.29, 0.717) is 5.82 Å². The Balaban J connectivity index is 1.95. The molecule has 0 unspecified atom stereocenters. The number of halogens is 4. The third-order valence-corrected chi connectivity index (χ3v) is 4.80. The van der Waals surface area contributed by atoms with Crippen molar-refractivity contribution in [2.75, 3.05) is 11.1 Å². The molecule has 0 bridgehead atoms. The molecule has 0 amide bonds. The number of alkyl halides is 3. The van der Waals surface area contributed by atoms with Gasteiger partial charge in [-0.3, -0.25) is 4.79 Å². The monoisotopic (exact) mass is 376 g/mol. The van der Waals surface area contributed by atoms with Crippen molar-refractivity contribution in [3.8, 4) is 0 Å². The molecular formula is C14H12ClF3N4OS. The zero-order valence-corrected chi connectivity index (χ0v) is 14.0. The van der Waals surface area contributed by atoms with Crippen LogP contribution in [0.15, 0.2) is 15.8 Å². The quantitative estimate of drug-likeness (QED) is 0.803. The molecule has 0 fully saturated rings. The SMILES string of the molecule is Cc1cc(C(F)(F)F)c(CNc2nc(Cl)nc3c2SCC3)c(=O)[nH]1. The largest absolute Gasteiger partial charge is 0.417 e. The molecule has 0 atom stereocenters. The molecule has 3 rings (SSSR count). The molecule has 0 saturated carbocycles. The summed E-state index contributed by atoms with van der Waals surface area (Å²) in [5.41, 5.74) is -1.21. The van der Waals surface area contributed by atoms with E-state index in [1.54, 1.807) is 0 Å². The summed E-state index contributed by atoms with van der Waals surface area (Å²) in [7, 11) is 0. The minimum absolute atomic E-state index is 0.0209. The normalized spacial score (nSPS) is 13.9. The Hall–Kier alpha value is -1.74. The van der Waals surface area contributed by atoms with Gasteiger partial charge >= 0.3 is 6.18 Å². The van der Waals surface area contributed by atoms with Crippen LogP contribution in [-0.4, -0.2) is 20.7 Å². The Morgan fingerprint density at radius 3 is 2.88 bits per heavy atom. The molecule has 128 valence electrons. The molecule has 10 heteroatoms. The van der Waals surface area contributed by atoms with Gasteiger partial charge in [0, 0.05) is 30.0 Å². The van der Waals surface area contributed by atoms with Crippen LogP contribution in [0.4, 0.5) is 19.0 Å². The van der Waals surface area contributed by atoms with Crippen molar-refractivity contribution in [1.29, 1.82) is 0 Å². The average molecular weight is 377 g/mol. The zero-order chi connectivity index (χ0) is 17.5. The maximum Gasteiger partial charge on any atom is 0.417 e. The van der Waals surface area contributed by atoms with Crippen LogP contribution >= 0.6 is 23.4 Å². The molecule has 2 aromatic heterocycles. The van der Waals surface area contributed by atoms with Gasteiger partial charge in [0.15, 0.2) is 0 Å². The highest BCUT2D eigenvalue weighted by Gasteiger charge is 2.35. The summed E-state index contributed by atoms with van der Waals surface area (Å²) < 4.78 is 39.6. The summed E-state index contributed by atoms with van der Waals surface area (Å²) in [6, 6.07) is 0.921. The van der Waals surface area contributed by atoms with Gasteiger partial charge in [-0.15, -0.1) is 11.8 Å². The summed E-state index contributed by atoms with van der Waals surface area (Å²) in [5, 5.41) is 2.82. The first-order valence-corrected chi connectivity index (χ1v) is 8.35. The van der Waals surface area contributed by atoms with E-state index in [9.17, 15) is 18.0 Å². The number of fused-ring (bicyclic) bond motifs is 1. The van der Waals surface area contributed by atoms with Crippen LogP contribution in [0.3, 0.4) is 0 Å². The molecule has 2 N–H and O–H groups in total. The molecule has 3 heterocycles. The summed E-state index contributed by atoms with van der Waals surface area (Å²) >= 11 is 7.35. The molecule has 0 aliphatic carbocycles. The summed E-state index contributed by atoms with van der Waals surface area (Å²) in [6.45, 7) is 1.09. The number of H-pyrrole nitrogens is 1. The second-order valence-electron chi connectivity index (χ2n) is 5.24. The maximum atomic E-state index is 13.2. The fraction of sp³-hybridized carbons (Fsp3) is 0.357. The number of rotatable bonds is 3. The molecule has 24 heavy (non-hydrogen) atoms. The molecule has 0 aromatic carbocycles. The van der Waals surface area contributed by atoms with E-state index in [4.69, 9.17) is 11.6 Å². The van der Waals surface area contributed by atoms with Gasteiger partial charge in [0.1, 0.15) is 5.82 Å². The van der Waals surface area contributed by atoms with Crippen LogP contribution in [0.5, 0.6) is 0 Å². The number of hydrogen-bond donors (Lipinski definition) is 2. The lowest BCUT2D eigenvalue weighted by Crippen LogP contribution is -2.24. The predicted molar refractivity (Wildman–Crippen MR) is 85.6 cm³/mol. The van der Waals surface area contributed by atoms with Crippen molar-refractivity contribution in [1.82, 2.24) is 15.0 Å². The van der Waals surface area contributed by atoms with E-state index < -0.39 is 17.3 Å². The topological polar surface area (TPSA) is 70.7 Å². The molecule has 0 spiro atoms. The van der Waals surface area contributed by atoms with E-state index in [-0.39, 0.29) is 23.1 Å². The fourth-order valence-corrected chi connectivity index (χ4v) is 3.73. The minimum Gasteiger partial charge on any atom is -0.365 e. The van der Waals surface area contributed by atoms with Crippen LogP contribution in [-0.2, 0) is 19.1 Å². The van der Waals surface area contributed by atoms with Crippen molar-refractivity contribution in [3.63, 3.8) is 0 Å². The number of thioether (sulfide) groups is 1. The van der Waals surface area contributed by atoms with Crippen molar-refractivity contribution in [3.05, 3.63) is 44.2 Å². The number of aryl methyl sites for hydroxylation is 2. The number of nitrogens with zero attached hydrogens (tertiary/aromatic N) is 2. The van der Waals surface area contributed by atoms with Gasteiger partial charge in [-0.25, -0.2) is 4.98 Å². The van der Waals surface area contributed by atoms with E-state index in [0.717, 1.165) is 28.8 Å². The van der Waals surface area contributed by atoms with Gasteiger partial charge in [-0.05, 0) is 24.6 Å². The van der Waals surface area contributed by atoms with Gasteiger partial charge in [0.05, 0.1) is 16.2 Å². The Kier molecular flexibility index (Phi) is 4.48. The molecular weight excluding hydrogens is 365 g/mol. The number of anilines is 1. The average Bonchev–Trinajstić information content (AvgIpc) is 2.92. The summed E-state index contributed by atoms with van der Waals surface area (Å²) in [5.74, 6) is 1.15. The van der Waals surface area contributed by atoms with Crippen LogP contribution in [0, 0.1) is 6.92 Å². The fourth-order valence-electron chi connectivity index (χ4n) is 2.47. The lowest BCUT2D eigenvalue weighted by molar-refractivity contribution is -0.138. The maximum absolute atomic E-state index is 13.2. The number of aromatic amines is 1. The third-order valence-electron chi connectivity index (χ3n) is 3.50. The smallest absolute Gasteiger partial charge is 0.365 e. The van der Waals surface area contributed by atoms with E-state index >= 15 is 0 Å². The Bertz CT molecular complexity index is 853. The highest BCUT2D eigenvalue weighted by Crippen LogP contribution is 2.36. The van der Waals surface area contributed by atoms with Gasteiger partial charge < -0.3 is 10.3 Å². The van der Waals surface area contributed by atoms with Gasteiger partial charge in [0.25, 0.3) is 5.56 Å². The minimum atomic E-state index is -4.62. The molecule has 2 aromatic rings. The Morgan fingerprint density at radius 1 is 1.42 bits per heavy atom. The van der Waals surface area contributed by atoms with Crippen LogP contribution in [0.2, 0.25) is 5.28 Å². The van der Waals surface area contributed by atoms with Gasteiger partial charge in [-0.2, -0.15) is 18.2 Å². The summed E-state index contributed by atoms with van der Waals surface area (Å²) in [6.07, 6.45) is -3.90. The van der Waals surface area contributed by atoms with Crippen molar-refractivity contribution in [2.45, 2.75) is 31.0 Å². The van der Waals surface area contributed by atoms with E-state index in [1.165, 1.54) is 18.7 Å². The predicted octanol–water partition coefficient (Wildman–Crippen LogP) is 3.41. The molecule has 0 radical (unpaired) electrons. The lowest BCUT2D eigenvalue weighted by Gasteiger charge is -2.15. The molecule has 0 saturated heterocycles. The van der Waals surface area contributed by atoms with E-state index in [1.807, 2.05) is 0 Å². The first-order chi connectivity index (χ1) is 11.3. The van der Waals surface area contributed by atoms with Gasteiger partial charge in [-0.1, -0.05) is 0 Å². The van der Waals surface area contributed by atoms with Crippen LogP contribution in [0.1, 0.15) is 22.5 Å². The van der Waals surface area contributed by atoms with E-state index in [2.05, 4.69) is 20.3 Å². The van der Waals surface area contributed by atoms with Crippen molar-refractivity contribution in [2.24, 2.45) is 0 Å². The number of aromatic nitrogens is 3. The molecule has 1 aliphatic rings. The molecule has 1 aliphatic heterocycles. The second kappa shape index (κ2) is 6.29. The first-order valence-electron chi connectivity index (χ1n) is 6.99. The zero-order valence-electron chi connectivity index (χ0n) is 12.4.